The van der Waals surface area contributed by atoms with Crippen molar-refractivity contribution in [1.82, 2.24) is 4.98 Å². The van der Waals surface area contributed by atoms with E-state index in [1.807, 2.05) is 54.8 Å². The molecule has 0 saturated heterocycles. The molecule has 0 aliphatic carbocycles. The molecule has 0 atom stereocenters. The standard InChI is InChI=1S/C22H19N3OS/c1-3-16-8-10-18(11-9-16)20-14-27-22(24-20)25-21(26)19(13-23)12-17-6-4-15(2)5-7-17/h4-12,14H,3H2,1-2H3,(H,24,25,26)/b19-12+. The quantitative estimate of drug-likeness (QED) is 0.492. The fourth-order valence-corrected chi connectivity index (χ4v) is 3.23. The lowest BCUT2D eigenvalue weighted by atomic mass is 10.1. The average molecular weight is 373 g/mol. The summed E-state index contributed by atoms with van der Waals surface area (Å²) in [4.78, 5) is 16.9. The highest BCUT2D eigenvalue weighted by Gasteiger charge is 2.12. The maximum absolute atomic E-state index is 12.4. The first-order valence-corrected chi connectivity index (χ1v) is 9.51. The predicted octanol–water partition coefficient (Wildman–Crippen LogP) is 5.23. The van der Waals surface area contributed by atoms with E-state index >= 15 is 0 Å². The van der Waals surface area contributed by atoms with Gasteiger partial charge in [0.15, 0.2) is 5.13 Å². The van der Waals surface area contributed by atoms with Crippen LogP contribution in [0.3, 0.4) is 0 Å². The van der Waals surface area contributed by atoms with Crippen molar-refractivity contribution >= 4 is 28.5 Å². The third-order valence-electron chi connectivity index (χ3n) is 4.14. The van der Waals surface area contributed by atoms with Gasteiger partial charge in [-0.3, -0.25) is 10.1 Å². The smallest absolute Gasteiger partial charge is 0.268 e. The van der Waals surface area contributed by atoms with Gasteiger partial charge in [-0.2, -0.15) is 5.26 Å². The first-order valence-electron chi connectivity index (χ1n) is 8.63. The highest BCUT2D eigenvalue weighted by Crippen LogP contribution is 2.25. The topological polar surface area (TPSA) is 65.8 Å². The van der Waals surface area contributed by atoms with Gasteiger partial charge in [-0.15, -0.1) is 11.3 Å². The number of benzene rings is 2. The molecule has 0 saturated carbocycles. The van der Waals surface area contributed by atoms with E-state index in [1.165, 1.54) is 16.9 Å². The first-order chi connectivity index (χ1) is 13.1. The number of anilines is 1. The van der Waals surface area contributed by atoms with E-state index in [1.54, 1.807) is 6.08 Å². The number of aryl methyl sites for hydroxylation is 2. The summed E-state index contributed by atoms with van der Waals surface area (Å²) < 4.78 is 0. The lowest BCUT2D eigenvalue weighted by molar-refractivity contribution is -0.112. The number of aromatic nitrogens is 1. The molecule has 5 heteroatoms. The first kappa shape index (κ1) is 18.6. The molecule has 1 N–H and O–H groups in total. The van der Waals surface area contributed by atoms with Crippen LogP contribution in [-0.2, 0) is 11.2 Å². The van der Waals surface area contributed by atoms with E-state index in [-0.39, 0.29) is 5.57 Å². The van der Waals surface area contributed by atoms with Crippen molar-refractivity contribution < 1.29 is 4.79 Å². The summed E-state index contributed by atoms with van der Waals surface area (Å²) in [6.07, 6.45) is 2.57. The number of thiazole rings is 1. The molecule has 0 aliphatic heterocycles. The largest absolute Gasteiger partial charge is 0.297 e. The summed E-state index contributed by atoms with van der Waals surface area (Å²) in [5.41, 5.74) is 5.05. The second-order valence-electron chi connectivity index (χ2n) is 6.12. The van der Waals surface area contributed by atoms with Gasteiger partial charge in [0.1, 0.15) is 11.6 Å². The maximum Gasteiger partial charge on any atom is 0.268 e. The van der Waals surface area contributed by atoms with Gasteiger partial charge < -0.3 is 0 Å². The number of amides is 1. The Morgan fingerprint density at radius 2 is 1.89 bits per heavy atom. The lowest BCUT2D eigenvalue weighted by Crippen LogP contribution is -2.13. The Kier molecular flexibility index (Phi) is 5.80. The Bertz CT molecular complexity index is 1010. The SMILES string of the molecule is CCc1ccc(-c2csc(NC(=O)/C(C#N)=C/c3ccc(C)cc3)n2)cc1. The molecular formula is C22H19N3OS. The van der Waals surface area contributed by atoms with E-state index in [0.29, 0.717) is 5.13 Å². The van der Waals surface area contributed by atoms with Crippen molar-refractivity contribution in [2.45, 2.75) is 20.3 Å². The molecule has 1 amide bonds. The summed E-state index contributed by atoms with van der Waals surface area (Å²) in [6, 6.07) is 17.8. The minimum atomic E-state index is -0.458. The van der Waals surface area contributed by atoms with Crippen LogP contribution in [0.5, 0.6) is 0 Å². The molecule has 4 nitrogen and oxygen atoms in total. The van der Waals surface area contributed by atoms with Gasteiger partial charge in [-0.1, -0.05) is 61.0 Å². The predicted molar refractivity (Wildman–Crippen MR) is 110 cm³/mol. The normalized spacial score (nSPS) is 11.1. The van der Waals surface area contributed by atoms with E-state index < -0.39 is 5.91 Å². The van der Waals surface area contributed by atoms with Crippen LogP contribution >= 0.6 is 11.3 Å². The number of rotatable bonds is 5. The fourth-order valence-electron chi connectivity index (χ4n) is 2.52. The molecular weight excluding hydrogens is 354 g/mol. The van der Waals surface area contributed by atoms with E-state index in [4.69, 9.17) is 0 Å². The second kappa shape index (κ2) is 8.43. The van der Waals surface area contributed by atoms with E-state index in [2.05, 4.69) is 29.4 Å². The van der Waals surface area contributed by atoms with Crippen LogP contribution in [0.4, 0.5) is 5.13 Å². The molecule has 1 heterocycles. The van der Waals surface area contributed by atoms with Crippen LogP contribution in [0.15, 0.2) is 59.5 Å². The van der Waals surface area contributed by atoms with Crippen LogP contribution in [0.1, 0.15) is 23.6 Å². The molecule has 0 bridgehead atoms. The molecule has 3 aromatic rings. The van der Waals surface area contributed by atoms with Crippen LogP contribution in [0.2, 0.25) is 0 Å². The molecule has 3 rings (SSSR count). The van der Waals surface area contributed by atoms with Gasteiger partial charge in [0.2, 0.25) is 0 Å². The highest BCUT2D eigenvalue weighted by atomic mass is 32.1. The van der Waals surface area contributed by atoms with Gasteiger partial charge in [-0.05, 0) is 30.5 Å². The van der Waals surface area contributed by atoms with Crippen LogP contribution < -0.4 is 5.32 Å². The monoisotopic (exact) mass is 373 g/mol. The molecule has 0 radical (unpaired) electrons. The summed E-state index contributed by atoms with van der Waals surface area (Å²) in [7, 11) is 0. The van der Waals surface area contributed by atoms with Crippen molar-refractivity contribution in [3.8, 4) is 17.3 Å². The third kappa shape index (κ3) is 4.69. The minimum absolute atomic E-state index is 0.0444. The number of hydrogen-bond acceptors (Lipinski definition) is 4. The van der Waals surface area contributed by atoms with Gasteiger partial charge >= 0.3 is 0 Å². The Morgan fingerprint density at radius 1 is 1.19 bits per heavy atom. The zero-order chi connectivity index (χ0) is 19.2. The van der Waals surface area contributed by atoms with Crippen LogP contribution in [0, 0.1) is 18.3 Å². The van der Waals surface area contributed by atoms with Crippen LogP contribution in [-0.4, -0.2) is 10.9 Å². The minimum Gasteiger partial charge on any atom is -0.297 e. The number of carbonyl (C=O) groups excluding carboxylic acids is 1. The number of carbonyl (C=O) groups is 1. The molecule has 1 aromatic heterocycles. The molecule has 2 aromatic carbocycles. The molecule has 0 spiro atoms. The summed E-state index contributed by atoms with van der Waals surface area (Å²) in [5.74, 6) is -0.458. The Morgan fingerprint density at radius 3 is 2.52 bits per heavy atom. The molecule has 134 valence electrons. The van der Waals surface area contributed by atoms with Crippen molar-refractivity contribution in [3.63, 3.8) is 0 Å². The number of nitrogens with one attached hydrogen (secondary N) is 1. The summed E-state index contributed by atoms with van der Waals surface area (Å²) >= 11 is 1.34. The molecule has 0 fully saturated rings. The lowest BCUT2D eigenvalue weighted by Gasteiger charge is -2.01. The van der Waals surface area contributed by atoms with Crippen molar-refractivity contribution in [2.75, 3.05) is 5.32 Å². The summed E-state index contributed by atoms with van der Waals surface area (Å²) in [5, 5.41) is 14.4. The van der Waals surface area contributed by atoms with Crippen LogP contribution in [0.25, 0.3) is 17.3 Å². The van der Waals surface area contributed by atoms with E-state index in [0.717, 1.165) is 28.8 Å². The zero-order valence-corrected chi connectivity index (χ0v) is 16.0. The van der Waals surface area contributed by atoms with Gasteiger partial charge in [-0.25, -0.2) is 4.98 Å². The zero-order valence-electron chi connectivity index (χ0n) is 15.2. The van der Waals surface area contributed by atoms with Gasteiger partial charge in [0, 0.05) is 10.9 Å². The van der Waals surface area contributed by atoms with Crippen molar-refractivity contribution in [2.24, 2.45) is 0 Å². The number of nitriles is 1. The fraction of sp³-hybridized carbons (Fsp3) is 0.136. The van der Waals surface area contributed by atoms with Crippen molar-refractivity contribution in [1.29, 1.82) is 5.26 Å². The Hall–Kier alpha value is -3.23. The number of hydrogen-bond donors (Lipinski definition) is 1. The summed E-state index contributed by atoms with van der Waals surface area (Å²) in [6.45, 7) is 4.10. The number of nitrogens with zero attached hydrogens (tertiary/aromatic N) is 2. The van der Waals surface area contributed by atoms with Gasteiger partial charge in [0.05, 0.1) is 5.69 Å². The third-order valence-corrected chi connectivity index (χ3v) is 4.89. The highest BCUT2D eigenvalue weighted by molar-refractivity contribution is 7.14. The van der Waals surface area contributed by atoms with Crippen molar-refractivity contribution in [3.05, 3.63) is 76.2 Å². The van der Waals surface area contributed by atoms with E-state index in [9.17, 15) is 10.1 Å². The maximum atomic E-state index is 12.4. The molecule has 27 heavy (non-hydrogen) atoms. The molecule has 0 aliphatic rings. The Labute approximate surface area is 162 Å². The van der Waals surface area contributed by atoms with Gasteiger partial charge in [0.25, 0.3) is 5.91 Å². The Balaban J connectivity index is 1.74. The second-order valence-corrected chi connectivity index (χ2v) is 6.98. The molecule has 0 unspecified atom stereocenters. The average Bonchev–Trinajstić information content (AvgIpc) is 3.16.